The van der Waals surface area contributed by atoms with Crippen LogP contribution in [0.5, 0.6) is 0 Å². The van der Waals surface area contributed by atoms with E-state index in [2.05, 4.69) is 0 Å². The van der Waals surface area contributed by atoms with Gasteiger partial charge in [0.25, 0.3) is 0 Å². The minimum absolute atomic E-state index is 0.437. The van der Waals surface area contributed by atoms with Gasteiger partial charge in [-0.2, -0.15) is 13.2 Å². The Labute approximate surface area is 65.8 Å². The van der Waals surface area contributed by atoms with Crippen molar-refractivity contribution in [2.45, 2.75) is 19.2 Å². The second kappa shape index (κ2) is 3.96. The third-order valence-corrected chi connectivity index (χ3v) is 1.71. The Morgan fingerprint density at radius 2 is 2.09 bits per heavy atom. The molecule has 0 heterocycles. The molecule has 0 rings (SSSR count). The number of alkyl halides is 3. The van der Waals surface area contributed by atoms with Crippen LogP contribution in [0.1, 0.15) is 6.92 Å². The SMILES string of the molecule is CC(=O)SCC(O)C(F)(F)F. The fourth-order valence-electron chi connectivity index (χ4n) is 0.291. The average Bonchev–Trinajstić information content (AvgIpc) is 1.80. The van der Waals surface area contributed by atoms with Crippen LogP contribution in [0.4, 0.5) is 13.2 Å². The van der Waals surface area contributed by atoms with Gasteiger partial charge in [0, 0.05) is 12.7 Å². The van der Waals surface area contributed by atoms with E-state index in [4.69, 9.17) is 5.11 Å². The van der Waals surface area contributed by atoms with E-state index in [1.807, 2.05) is 0 Å². The van der Waals surface area contributed by atoms with Gasteiger partial charge in [0.1, 0.15) is 0 Å². The van der Waals surface area contributed by atoms with E-state index in [1.54, 1.807) is 0 Å². The summed E-state index contributed by atoms with van der Waals surface area (Å²) in [5.41, 5.74) is 0. The minimum atomic E-state index is -4.62. The summed E-state index contributed by atoms with van der Waals surface area (Å²) < 4.78 is 34.6. The Morgan fingerprint density at radius 1 is 1.64 bits per heavy atom. The molecule has 1 atom stereocenters. The number of carbonyl (C=O) groups is 1. The molecule has 0 saturated heterocycles. The van der Waals surface area contributed by atoms with Crippen LogP contribution in [-0.2, 0) is 4.79 Å². The molecule has 11 heavy (non-hydrogen) atoms. The van der Waals surface area contributed by atoms with Gasteiger partial charge < -0.3 is 5.11 Å². The zero-order chi connectivity index (χ0) is 9.07. The van der Waals surface area contributed by atoms with E-state index in [1.165, 1.54) is 0 Å². The zero-order valence-corrected chi connectivity index (χ0v) is 6.50. The largest absolute Gasteiger partial charge is 0.415 e. The van der Waals surface area contributed by atoms with Crippen LogP contribution >= 0.6 is 11.8 Å². The van der Waals surface area contributed by atoms with Crippen molar-refractivity contribution in [2.75, 3.05) is 5.75 Å². The lowest BCUT2D eigenvalue weighted by Gasteiger charge is -2.12. The third-order valence-electron chi connectivity index (χ3n) is 0.822. The molecule has 6 heteroatoms. The van der Waals surface area contributed by atoms with Crippen molar-refractivity contribution >= 4 is 16.9 Å². The molecule has 0 aromatic rings. The summed E-state index contributed by atoms with van der Waals surface area (Å²) in [6.07, 6.45) is -7.03. The Bertz CT molecular complexity index is 145. The van der Waals surface area contributed by atoms with Crippen molar-refractivity contribution < 1.29 is 23.1 Å². The van der Waals surface area contributed by atoms with Gasteiger partial charge >= 0.3 is 6.18 Å². The van der Waals surface area contributed by atoms with Crippen LogP contribution in [0, 0.1) is 0 Å². The lowest BCUT2D eigenvalue weighted by atomic mass is 10.4. The second-order valence-corrected chi connectivity index (χ2v) is 3.06. The highest BCUT2D eigenvalue weighted by Gasteiger charge is 2.38. The van der Waals surface area contributed by atoms with Crippen molar-refractivity contribution in [3.63, 3.8) is 0 Å². The monoisotopic (exact) mass is 188 g/mol. The van der Waals surface area contributed by atoms with E-state index in [-0.39, 0.29) is 0 Å². The van der Waals surface area contributed by atoms with Crippen LogP contribution < -0.4 is 0 Å². The molecule has 0 bridgehead atoms. The molecule has 0 radical (unpaired) electrons. The number of aliphatic hydroxyl groups excluding tert-OH is 1. The maximum Gasteiger partial charge on any atom is 0.415 e. The van der Waals surface area contributed by atoms with Gasteiger partial charge in [-0.05, 0) is 0 Å². The normalized spacial score (nSPS) is 14.6. The molecule has 1 N–H and O–H groups in total. The van der Waals surface area contributed by atoms with Gasteiger partial charge in [-0.3, -0.25) is 4.79 Å². The van der Waals surface area contributed by atoms with Crippen LogP contribution in [-0.4, -0.2) is 28.3 Å². The van der Waals surface area contributed by atoms with Crippen molar-refractivity contribution in [2.24, 2.45) is 0 Å². The molecule has 0 aliphatic carbocycles. The summed E-state index contributed by atoms with van der Waals surface area (Å²) in [7, 11) is 0. The van der Waals surface area contributed by atoms with E-state index in [9.17, 15) is 18.0 Å². The molecule has 0 aliphatic heterocycles. The molecule has 0 saturated carbocycles. The smallest absolute Gasteiger partial charge is 0.383 e. The fourth-order valence-corrected chi connectivity index (χ4v) is 0.872. The third kappa shape index (κ3) is 5.09. The van der Waals surface area contributed by atoms with Crippen LogP contribution in [0.2, 0.25) is 0 Å². The molecule has 0 aliphatic rings. The maximum absolute atomic E-state index is 11.5. The summed E-state index contributed by atoms with van der Waals surface area (Å²) in [6.45, 7) is 1.15. The van der Waals surface area contributed by atoms with Crippen molar-refractivity contribution in [3.8, 4) is 0 Å². The summed E-state index contributed by atoms with van der Waals surface area (Å²) in [5.74, 6) is -0.626. The van der Waals surface area contributed by atoms with Gasteiger partial charge in [0.05, 0.1) is 0 Å². The standard InChI is InChI=1S/C5H7F3O2S/c1-3(9)11-2-4(10)5(6,7)8/h4,10H,2H2,1H3. The zero-order valence-electron chi connectivity index (χ0n) is 5.68. The van der Waals surface area contributed by atoms with Gasteiger partial charge in [-0.1, -0.05) is 11.8 Å². The van der Waals surface area contributed by atoms with E-state index in [0.717, 1.165) is 6.92 Å². The molecular weight excluding hydrogens is 181 g/mol. The fraction of sp³-hybridized carbons (Fsp3) is 0.800. The first-order chi connectivity index (χ1) is 4.84. The lowest BCUT2D eigenvalue weighted by Crippen LogP contribution is -2.30. The highest BCUT2D eigenvalue weighted by Crippen LogP contribution is 2.22. The molecule has 0 amide bonds. The number of aliphatic hydroxyl groups is 1. The van der Waals surface area contributed by atoms with E-state index < -0.39 is 23.1 Å². The van der Waals surface area contributed by atoms with E-state index >= 15 is 0 Å². The lowest BCUT2D eigenvalue weighted by molar-refractivity contribution is -0.195. The van der Waals surface area contributed by atoms with Crippen molar-refractivity contribution in [1.82, 2.24) is 0 Å². The van der Waals surface area contributed by atoms with Gasteiger partial charge in [0.15, 0.2) is 11.2 Å². The molecule has 1 unspecified atom stereocenters. The molecular formula is C5H7F3O2S. The van der Waals surface area contributed by atoms with E-state index in [0.29, 0.717) is 11.8 Å². The minimum Gasteiger partial charge on any atom is -0.383 e. The molecule has 0 fully saturated rings. The Balaban J connectivity index is 3.70. The van der Waals surface area contributed by atoms with Gasteiger partial charge in [0.2, 0.25) is 0 Å². The topological polar surface area (TPSA) is 37.3 Å². The molecule has 2 nitrogen and oxygen atoms in total. The molecule has 66 valence electrons. The molecule has 0 spiro atoms. The molecule has 0 aromatic heterocycles. The molecule has 0 aromatic carbocycles. The Hall–Kier alpha value is -0.230. The first-order valence-electron chi connectivity index (χ1n) is 2.72. The van der Waals surface area contributed by atoms with Gasteiger partial charge in [-0.25, -0.2) is 0 Å². The number of thioether (sulfide) groups is 1. The first-order valence-corrected chi connectivity index (χ1v) is 3.70. The summed E-state index contributed by atoms with van der Waals surface area (Å²) in [6, 6.07) is 0. The number of halogens is 3. The highest BCUT2D eigenvalue weighted by molar-refractivity contribution is 8.13. The summed E-state index contributed by atoms with van der Waals surface area (Å²) in [5, 5.41) is 7.90. The maximum atomic E-state index is 11.5. The van der Waals surface area contributed by atoms with Crippen LogP contribution in [0.15, 0.2) is 0 Å². The number of rotatable bonds is 2. The van der Waals surface area contributed by atoms with Crippen LogP contribution in [0.3, 0.4) is 0 Å². The van der Waals surface area contributed by atoms with Crippen molar-refractivity contribution in [3.05, 3.63) is 0 Å². The predicted molar refractivity (Wildman–Crippen MR) is 35.2 cm³/mol. The average molecular weight is 188 g/mol. The Kier molecular flexibility index (Phi) is 3.88. The highest BCUT2D eigenvalue weighted by atomic mass is 32.2. The summed E-state index contributed by atoms with van der Waals surface area (Å²) in [4.78, 5) is 10.2. The first kappa shape index (κ1) is 10.8. The Morgan fingerprint density at radius 3 is 2.36 bits per heavy atom. The number of hydrogen-bond acceptors (Lipinski definition) is 3. The number of carbonyl (C=O) groups excluding carboxylic acids is 1. The predicted octanol–water partition coefficient (Wildman–Crippen LogP) is 1.19. The van der Waals surface area contributed by atoms with Gasteiger partial charge in [-0.15, -0.1) is 0 Å². The summed E-state index contributed by atoms with van der Waals surface area (Å²) >= 11 is 0.457. The second-order valence-electron chi connectivity index (χ2n) is 1.86. The van der Waals surface area contributed by atoms with Crippen molar-refractivity contribution in [1.29, 1.82) is 0 Å². The number of hydrogen-bond donors (Lipinski definition) is 1. The van der Waals surface area contributed by atoms with Crippen LogP contribution in [0.25, 0.3) is 0 Å². The quantitative estimate of drug-likeness (QED) is 0.707.